The van der Waals surface area contributed by atoms with Crippen molar-refractivity contribution in [2.45, 2.75) is 50.6 Å². The maximum Gasteiger partial charge on any atom is 0.108 e. The van der Waals surface area contributed by atoms with Crippen LogP contribution in [-0.4, -0.2) is 21.9 Å². The molecule has 110 valence electrons. The molecule has 2 aromatic rings. The Kier molecular flexibility index (Phi) is 3.94. The van der Waals surface area contributed by atoms with Crippen LogP contribution in [0.4, 0.5) is 0 Å². The van der Waals surface area contributed by atoms with Gasteiger partial charge in [0, 0.05) is 11.8 Å². The van der Waals surface area contributed by atoms with Crippen molar-refractivity contribution in [3.63, 3.8) is 0 Å². The Balaban J connectivity index is 1.87. The van der Waals surface area contributed by atoms with Crippen LogP contribution in [0.25, 0.3) is 10.9 Å². The van der Waals surface area contributed by atoms with Crippen LogP contribution in [0.3, 0.4) is 0 Å². The normalized spacial score (nSPS) is 25.8. The van der Waals surface area contributed by atoms with Gasteiger partial charge in [0.2, 0.25) is 0 Å². The Labute approximate surface area is 125 Å². The molecule has 1 aliphatic carbocycles. The Morgan fingerprint density at radius 1 is 1.48 bits per heavy atom. The van der Waals surface area contributed by atoms with Crippen molar-refractivity contribution in [1.82, 2.24) is 15.1 Å². The van der Waals surface area contributed by atoms with E-state index >= 15 is 0 Å². The van der Waals surface area contributed by atoms with Crippen molar-refractivity contribution in [2.24, 2.45) is 0 Å². The molecule has 1 aromatic heterocycles. The van der Waals surface area contributed by atoms with Crippen LogP contribution in [0.15, 0.2) is 30.5 Å². The summed E-state index contributed by atoms with van der Waals surface area (Å²) in [6.45, 7) is 3.04. The second-order valence-corrected chi connectivity index (χ2v) is 6.02. The zero-order valence-electron chi connectivity index (χ0n) is 12.5. The monoisotopic (exact) mass is 282 g/mol. The Hall–Kier alpha value is -1.86. The molecule has 3 rings (SSSR count). The van der Waals surface area contributed by atoms with Crippen molar-refractivity contribution in [1.29, 1.82) is 5.26 Å². The lowest BCUT2D eigenvalue weighted by Gasteiger charge is -2.36. The average Bonchev–Trinajstić information content (AvgIpc) is 2.97. The van der Waals surface area contributed by atoms with E-state index in [9.17, 15) is 5.26 Å². The molecule has 0 spiro atoms. The predicted octanol–water partition coefficient (Wildman–Crippen LogP) is 3.41. The SMILES string of the molecule is CCCNC1(C#N)CCCC(n2ncc3ccccc32)C1. The number of nitriles is 1. The molecule has 0 saturated heterocycles. The van der Waals surface area contributed by atoms with Crippen LogP contribution >= 0.6 is 0 Å². The fourth-order valence-corrected chi connectivity index (χ4v) is 3.40. The highest BCUT2D eigenvalue weighted by atomic mass is 15.3. The second kappa shape index (κ2) is 5.87. The van der Waals surface area contributed by atoms with E-state index in [1.165, 1.54) is 10.9 Å². The highest BCUT2D eigenvalue weighted by Crippen LogP contribution is 2.36. The zero-order chi connectivity index (χ0) is 14.7. The summed E-state index contributed by atoms with van der Waals surface area (Å²) in [7, 11) is 0. The molecular formula is C17H22N4. The molecule has 21 heavy (non-hydrogen) atoms. The number of hydrogen-bond donors (Lipinski definition) is 1. The van der Waals surface area contributed by atoms with Crippen LogP contribution in [-0.2, 0) is 0 Å². The first kappa shape index (κ1) is 14.1. The molecule has 0 bridgehead atoms. The summed E-state index contributed by atoms with van der Waals surface area (Å²) in [5, 5.41) is 18.9. The second-order valence-electron chi connectivity index (χ2n) is 6.02. The molecule has 2 atom stereocenters. The fourth-order valence-electron chi connectivity index (χ4n) is 3.40. The third-order valence-electron chi connectivity index (χ3n) is 4.50. The van der Waals surface area contributed by atoms with Crippen LogP contribution in [0.2, 0.25) is 0 Å². The molecule has 1 aliphatic rings. The topological polar surface area (TPSA) is 53.6 Å². The highest BCUT2D eigenvalue weighted by Gasteiger charge is 2.37. The van der Waals surface area contributed by atoms with E-state index in [0.29, 0.717) is 6.04 Å². The summed E-state index contributed by atoms with van der Waals surface area (Å²) in [4.78, 5) is 0. The van der Waals surface area contributed by atoms with Gasteiger partial charge in [0.05, 0.1) is 23.8 Å². The summed E-state index contributed by atoms with van der Waals surface area (Å²) < 4.78 is 2.12. The first-order valence-corrected chi connectivity index (χ1v) is 7.86. The van der Waals surface area contributed by atoms with Crippen molar-refractivity contribution < 1.29 is 0 Å². The van der Waals surface area contributed by atoms with Gasteiger partial charge < -0.3 is 0 Å². The van der Waals surface area contributed by atoms with Gasteiger partial charge in [0.25, 0.3) is 0 Å². The first-order chi connectivity index (χ1) is 10.3. The molecule has 1 heterocycles. The van der Waals surface area contributed by atoms with Crippen LogP contribution in [0.5, 0.6) is 0 Å². The Morgan fingerprint density at radius 3 is 3.14 bits per heavy atom. The van der Waals surface area contributed by atoms with Gasteiger partial charge in [-0.1, -0.05) is 25.1 Å². The number of para-hydroxylation sites is 1. The van der Waals surface area contributed by atoms with Gasteiger partial charge in [0.15, 0.2) is 0 Å². The van der Waals surface area contributed by atoms with E-state index in [2.05, 4.69) is 46.3 Å². The average molecular weight is 282 g/mol. The van der Waals surface area contributed by atoms with Gasteiger partial charge in [-0.15, -0.1) is 0 Å². The Morgan fingerprint density at radius 2 is 2.33 bits per heavy atom. The van der Waals surface area contributed by atoms with Gasteiger partial charge in [0.1, 0.15) is 5.54 Å². The number of benzene rings is 1. The highest BCUT2D eigenvalue weighted by molar-refractivity contribution is 5.78. The fraction of sp³-hybridized carbons (Fsp3) is 0.529. The van der Waals surface area contributed by atoms with Crippen molar-refractivity contribution in [2.75, 3.05) is 6.54 Å². The van der Waals surface area contributed by atoms with Crippen molar-refractivity contribution >= 4 is 10.9 Å². The minimum Gasteiger partial charge on any atom is -0.299 e. The largest absolute Gasteiger partial charge is 0.299 e. The lowest BCUT2D eigenvalue weighted by Crippen LogP contribution is -2.48. The smallest absolute Gasteiger partial charge is 0.108 e. The van der Waals surface area contributed by atoms with E-state index in [4.69, 9.17) is 0 Å². The third kappa shape index (κ3) is 2.66. The van der Waals surface area contributed by atoms with Gasteiger partial charge in [-0.3, -0.25) is 10.00 Å². The van der Waals surface area contributed by atoms with Gasteiger partial charge in [-0.25, -0.2) is 0 Å². The molecule has 1 aromatic carbocycles. The number of fused-ring (bicyclic) bond motifs is 1. The number of nitrogens with one attached hydrogen (secondary N) is 1. The summed E-state index contributed by atoms with van der Waals surface area (Å²) in [6, 6.07) is 11.1. The molecule has 1 fully saturated rings. The van der Waals surface area contributed by atoms with Gasteiger partial charge in [-0.05, 0) is 38.3 Å². The van der Waals surface area contributed by atoms with E-state index in [-0.39, 0.29) is 5.54 Å². The van der Waals surface area contributed by atoms with Crippen molar-refractivity contribution in [3.8, 4) is 6.07 Å². The molecule has 1 N–H and O–H groups in total. The van der Waals surface area contributed by atoms with Crippen LogP contribution < -0.4 is 5.32 Å². The lowest BCUT2D eigenvalue weighted by molar-refractivity contribution is 0.224. The number of hydrogen-bond acceptors (Lipinski definition) is 3. The minimum absolute atomic E-state index is 0.308. The summed E-state index contributed by atoms with van der Waals surface area (Å²) in [5.41, 5.74) is 0.790. The maximum atomic E-state index is 9.65. The third-order valence-corrected chi connectivity index (χ3v) is 4.50. The van der Waals surface area contributed by atoms with E-state index in [1.54, 1.807) is 0 Å². The summed E-state index contributed by atoms with van der Waals surface area (Å²) in [5.74, 6) is 0. The quantitative estimate of drug-likeness (QED) is 0.935. The molecule has 4 nitrogen and oxygen atoms in total. The number of aromatic nitrogens is 2. The first-order valence-electron chi connectivity index (χ1n) is 7.86. The molecule has 4 heteroatoms. The minimum atomic E-state index is -0.383. The molecule has 1 saturated carbocycles. The maximum absolute atomic E-state index is 9.65. The van der Waals surface area contributed by atoms with Gasteiger partial charge >= 0.3 is 0 Å². The molecular weight excluding hydrogens is 260 g/mol. The zero-order valence-corrected chi connectivity index (χ0v) is 12.5. The van der Waals surface area contributed by atoms with E-state index in [1.807, 2.05) is 12.3 Å². The lowest BCUT2D eigenvalue weighted by atomic mass is 9.80. The Bertz CT molecular complexity index is 654. The standard InChI is InChI=1S/C17H22N4/c1-2-10-19-17(13-18)9-5-7-15(11-17)21-16-8-4-3-6-14(16)12-20-21/h3-4,6,8,12,15,19H,2,5,7,9-11H2,1H3. The van der Waals surface area contributed by atoms with Crippen LogP contribution in [0.1, 0.15) is 45.1 Å². The summed E-state index contributed by atoms with van der Waals surface area (Å²) >= 11 is 0. The summed E-state index contributed by atoms with van der Waals surface area (Å²) in [6.07, 6.45) is 6.94. The predicted molar refractivity (Wildman–Crippen MR) is 83.9 cm³/mol. The molecule has 0 aliphatic heterocycles. The van der Waals surface area contributed by atoms with E-state index < -0.39 is 0 Å². The van der Waals surface area contributed by atoms with Crippen LogP contribution in [0, 0.1) is 11.3 Å². The van der Waals surface area contributed by atoms with E-state index in [0.717, 1.165) is 38.6 Å². The molecule has 0 radical (unpaired) electrons. The number of nitrogens with zero attached hydrogens (tertiary/aromatic N) is 3. The number of rotatable bonds is 4. The molecule has 2 unspecified atom stereocenters. The molecule has 0 amide bonds. The van der Waals surface area contributed by atoms with Crippen molar-refractivity contribution in [3.05, 3.63) is 30.5 Å². The van der Waals surface area contributed by atoms with Gasteiger partial charge in [-0.2, -0.15) is 10.4 Å².